The predicted molar refractivity (Wildman–Crippen MR) is 89.7 cm³/mol. The Morgan fingerprint density at radius 3 is 1.78 bits per heavy atom. The van der Waals surface area contributed by atoms with Gasteiger partial charge in [0.25, 0.3) is 11.1 Å². The highest BCUT2D eigenvalue weighted by Crippen LogP contribution is 2.36. The third kappa shape index (κ3) is 2.64. The smallest absolute Gasteiger partial charge is 0.268 e. The third-order valence-electron chi connectivity index (χ3n) is 3.88. The molecule has 2 heterocycles. The van der Waals surface area contributed by atoms with Crippen LogP contribution in [-0.2, 0) is 0 Å². The summed E-state index contributed by atoms with van der Waals surface area (Å²) in [5.74, 6) is -0.607. The van der Waals surface area contributed by atoms with Gasteiger partial charge in [0.2, 0.25) is 0 Å². The molecule has 120 valence electrons. The Hall–Kier alpha value is -2.18. The van der Waals surface area contributed by atoms with E-state index < -0.39 is 5.92 Å². The molecule has 4 N–H and O–H groups in total. The molecule has 3 rings (SSSR count). The van der Waals surface area contributed by atoms with Gasteiger partial charge in [0.05, 0.1) is 17.0 Å². The Bertz CT molecular complexity index is 926. The monoisotopic (exact) mass is 352 g/mol. The minimum atomic E-state index is -0.607. The first-order valence-corrected chi connectivity index (χ1v) is 7.65. The van der Waals surface area contributed by atoms with E-state index in [1.165, 1.54) is 0 Å². The highest BCUT2D eigenvalue weighted by Gasteiger charge is 2.29. The van der Waals surface area contributed by atoms with Gasteiger partial charge in [-0.15, -0.1) is 0 Å². The molecule has 1 aromatic carbocycles. The van der Waals surface area contributed by atoms with Gasteiger partial charge in [-0.25, -0.2) is 0 Å². The van der Waals surface area contributed by atoms with Crippen LogP contribution in [0.15, 0.2) is 27.8 Å². The van der Waals surface area contributed by atoms with Crippen molar-refractivity contribution < 1.29 is 0 Å². The lowest BCUT2D eigenvalue weighted by molar-refractivity contribution is 0.931. The van der Waals surface area contributed by atoms with Crippen molar-refractivity contribution in [1.29, 1.82) is 0 Å². The molecule has 8 heteroatoms. The summed E-state index contributed by atoms with van der Waals surface area (Å²) in [5.41, 5.74) is 2.23. The molecule has 0 saturated carbocycles. The molecule has 6 nitrogen and oxygen atoms in total. The van der Waals surface area contributed by atoms with Gasteiger partial charge in [-0.2, -0.15) is 0 Å². The lowest BCUT2D eigenvalue weighted by Crippen LogP contribution is -2.20. The maximum atomic E-state index is 12.3. The Morgan fingerprint density at radius 2 is 1.39 bits per heavy atom. The largest absolute Gasteiger partial charge is 0.302 e. The first kappa shape index (κ1) is 15.7. The molecular formula is C15H14Cl2N4O2. The standard InChI is InChI=1S/C15H14Cl2N4O2/c1-6-11(14(22)20-18-6)13(12-7(2)19-21-15(12)23)9-4-3-8(16)5-10(9)17/h3-5,13H,1-2H3,(H2,18,20,22)(H2,19,21,23). The molecule has 23 heavy (non-hydrogen) atoms. The van der Waals surface area contributed by atoms with Crippen LogP contribution in [0.4, 0.5) is 0 Å². The number of hydrogen-bond donors (Lipinski definition) is 4. The summed E-state index contributed by atoms with van der Waals surface area (Å²) in [5, 5.41) is 11.5. The molecular weight excluding hydrogens is 339 g/mol. The van der Waals surface area contributed by atoms with Crippen molar-refractivity contribution in [3.8, 4) is 0 Å². The van der Waals surface area contributed by atoms with E-state index in [-0.39, 0.29) is 11.1 Å². The highest BCUT2D eigenvalue weighted by molar-refractivity contribution is 6.35. The maximum absolute atomic E-state index is 12.3. The normalized spacial score (nSPS) is 11.3. The summed E-state index contributed by atoms with van der Waals surface area (Å²) in [6, 6.07) is 5.01. The van der Waals surface area contributed by atoms with Crippen LogP contribution in [0.2, 0.25) is 10.0 Å². The van der Waals surface area contributed by atoms with Gasteiger partial charge < -0.3 is 10.2 Å². The molecule has 0 aliphatic heterocycles. The minimum absolute atomic E-state index is 0.293. The van der Waals surface area contributed by atoms with E-state index in [1.807, 2.05) is 0 Å². The SMILES string of the molecule is Cc1[nH][nH]c(=O)c1C(c1ccc(Cl)cc1Cl)c1c(C)[nH][nH]c1=O. The van der Waals surface area contributed by atoms with E-state index in [9.17, 15) is 9.59 Å². The zero-order valence-corrected chi connectivity index (χ0v) is 13.9. The van der Waals surface area contributed by atoms with Crippen molar-refractivity contribution in [2.24, 2.45) is 0 Å². The van der Waals surface area contributed by atoms with Gasteiger partial charge in [-0.1, -0.05) is 29.3 Å². The van der Waals surface area contributed by atoms with Crippen molar-refractivity contribution in [2.45, 2.75) is 19.8 Å². The molecule has 0 unspecified atom stereocenters. The number of aromatic amines is 4. The molecule has 3 aromatic rings. The van der Waals surface area contributed by atoms with Crippen LogP contribution >= 0.6 is 23.2 Å². The molecule has 0 aliphatic rings. The average Bonchev–Trinajstić information content (AvgIpc) is 2.98. The summed E-state index contributed by atoms with van der Waals surface area (Å²) < 4.78 is 0. The second-order valence-corrected chi connectivity index (χ2v) is 6.18. The Balaban J connectivity index is 2.36. The van der Waals surface area contributed by atoms with Crippen LogP contribution in [0.5, 0.6) is 0 Å². The van der Waals surface area contributed by atoms with Crippen molar-refractivity contribution >= 4 is 23.2 Å². The van der Waals surface area contributed by atoms with E-state index in [4.69, 9.17) is 23.2 Å². The van der Waals surface area contributed by atoms with Crippen molar-refractivity contribution in [3.63, 3.8) is 0 Å². The topological polar surface area (TPSA) is 97.3 Å². The molecule has 0 bridgehead atoms. The summed E-state index contributed by atoms with van der Waals surface area (Å²) >= 11 is 12.3. The summed E-state index contributed by atoms with van der Waals surface area (Å²) in [6.45, 7) is 3.53. The fourth-order valence-electron chi connectivity index (χ4n) is 2.80. The van der Waals surface area contributed by atoms with Gasteiger partial charge in [0.1, 0.15) is 0 Å². The van der Waals surface area contributed by atoms with E-state index in [2.05, 4.69) is 20.4 Å². The number of aromatic nitrogens is 4. The first-order chi connectivity index (χ1) is 10.9. The second-order valence-electron chi connectivity index (χ2n) is 5.33. The van der Waals surface area contributed by atoms with Crippen LogP contribution in [0, 0.1) is 13.8 Å². The first-order valence-electron chi connectivity index (χ1n) is 6.89. The van der Waals surface area contributed by atoms with Gasteiger partial charge in [-0.3, -0.25) is 19.8 Å². The summed E-state index contributed by atoms with van der Waals surface area (Å²) in [4.78, 5) is 24.5. The number of nitrogens with one attached hydrogen (secondary N) is 4. The third-order valence-corrected chi connectivity index (χ3v) is 4.44. The lowest BCUT2D eigenvalue weighted by atomic mass is 9.85. The van der Waals surface area contributed by atoms with Crippen molar-refractivity contribution in [2.75, 3.05) is 0 Å². The summed E-state index contributed by atoms with van der Waals surface area (Å²) in [7, 11) is 0. The molecule has 0 spiro atoms. The average molecular weight is 353 g/mol. The van der Waals surface area contributed by atoms with Crippen molar-refractivity contribution in [1.82, 2.24) is 20.4 Å². The molecule has 0 atom stereocenters. The number of halogens is 2. The molecule has 0 amide bonds. The Labute approximate surface area is 140 Å². The van der Waals surface area contributed by atoms with Crippen LogP contribution in [0.3, 0.4) is 0 Å². The maximum Gasteiger partial charge on any atom is 0.268 e. The minimum Gasteiger partial charge on any atom is -0.302 e. The van der Waals surface area contributed by atoms with Crippen LogP contribution in [0.25, 0.3) is 0 Å². The second kappa shape index (κ2) is 5.79. The fourth-order valence-corrected chi connectivity index (χ4v) is 3.31. The van der Waals surface area contributed by atoms with Gasteiger partial charge in [0.15, 0.2) is 0 Å². The number of hydrogen-bond acceptors (Lipinski definition) is 2. The van der Waals surface area contributed by atoms with Crippen LogP contribution in [0.1, 0.15) is 34.0 Å². The number of H-pyrrole nitrogens is 4. The molecule has 0 radical (unpaired) electrons. The number of rotatable bonds is 3. The van der Waals surface area contributed by atoms with Gasteiger partial charge in [-0.05, 0) is 31.5 Å². The zero-order chi connectivity index (χ0) is 16.7. The molecule has 0 saturated heterocycles. The van der Waals surface area contributed by atoms with Gasteiger partial charge >= 0.3 is 0 Å². The summed E-state index contributed by atoms with van der Waals surface area (Å²) in [6.07, 6.45) is 0. The quantitative estimate of drug-likeness (QED) is 0.582. The van der Waals surface area contributed by atoms with E-state index in [0.717, 1.165) is 0 Å². The molecule has 2 aromatic heterocycles. The molecule has 0 aliphatic carbocycles. The highest BCUT2D eigenvalue weighted by atomic mass is 35.5. The van der Waals surface area contributed by atoms with E-state index in [1.54, 1.807) is 32.0 Å². The number of aryl methyl sites for hydroxylation is 2. The van der Waals surface area contributed by atoms with Gasteiger partial charge in [0, 0.05) is 21.4 Å². The fraction of sp³-hybridized carbons (Fsp3) is 0.200. The molecule has 0 fully saturated rings. The Kier molecular flexibility index (Phi) is 3.95. The van der Waals surface area contributed by atoms with E-state index in [0.29, 0.717) is 38.1 Å². The number of benzene rings is 1. The van der Waals surface area contributed by atoms with Crippen LogP contribution in [-0.4, -0.2) is 20.4 Å². The zero-order valence-electron chi connectivity index (χ0n) is 12.4. The van der Waals surface area contributed by atoms with Crippen molar-refractivity contribution in [3.05, 3.63) is 77.0 Å². The Morgan fingerprint density at radius 1 is 0.870 bits per heavy atom. The lowest BCUT2D eigenvalue weighted by Gasteiger charge is -2.17. The predicted octanol–water partition coefficient (Wildman–Crippen LogP) is 2.82. The van der Waals surface area contributed by atoms with E-state index >= 15 is 0 Å². The van der Waals surface area contributed by atoms with Crippen LogP contribution < -0.4 is 11.1 Å².